The van der Waals surface area contributed by atoms with E-state index < -0.39 is 0 Å². The number of fused-ring (bicyclic) bond motifs is 2. The second kappa shape index (κ2) is 18.3. The quantitative estimate of drug-likeness (QED) is 0.132. The van der Waals surface area contributed by atoms with Crippen LogP contribution in [0.1, 0.15) is 5.48 Å². The molecule has 0 heterocycles. The lowest BCUT2D eigenvalue weighted by molar-refractivity contribution is 1.28. The molecule has 0 fully saturated rings. The van der Waals surface area contributed by atoms with Gasteiger partial charge in [0.15, 0.2) is 0 Å². The predicted molar refractivity (Wildman–Crippen MR) is 294 cm³/mol. The summed E-state index contributed by atoms with van der Waals surface area (Å²) in [7, 11) is 0. The second-order valence-corrected chi connectivity index (χ2v) is 17.3. The molecule has 12 rings (SSSR count). The summed E-state index contributed by atoms with van der Waals surface area (Å²) in [5.74, 6) is 0. The van der Waals surface area contributed by atoms with Crippen LogP contribution >= 0.6 is 0 Å². The van der Waals surface area contributed by atoms with E-state index in [2.05, 4.69) is 176 Å². The first-order valence-corrected chi connectivity index (χ1v) is 23.4. The summed E-state index contributed by atoms with van der Waals surface area (Å²) in [6.45, 7) is 0. The Kier molecular flexibility index (Phi) is 9.85. The van der Waals surface area contributed by atoms with E-state index in [1.54, 1.807) is 0 Å². The van der Waals surface area contributed by atoms with Crippen LogP contribution in [0.4, 0.5) is 17.1 Å². The zero-order valence-corrected chi connectivity index (χ0v) is 37.8. The molecule has 12 aromatic rings. The van der Waals surface area contributed by atoms with E-state index in [4.69, 9.17) is 0 Å². The third-order valence-corrected chi connectivity index (χ3v) is 13.2. The molecular weight excluding hydrogens is 831 g/mol. The highest BCUT2D eigenvalue weighted by Gasteiger charge is 2.17. The Hall–Kier alpha value is -9.04. The van der Waals surface area contributed by atoms with Crippen molar-refractivity contribution >= 4 is 38.6 Å². The minimum Gasteiger partial charge on any atom is -0.311 e. The smallest absolute Gasteiger partial charge is 0.0645 e. The molecule has 0 bridgehead atoms. The standard InChI is InChI=1S/C68H47N/c1-4-15-51(16-5-1)64-45-38-58(47-67(64)54-19-8-3-9-20-54)50-33-41-60(42-34-50)69(59-39-31-49(32-40-59)48-27-29-56(30-28-48)63-26-14-23-52-21-10-12-24-62(52)63)61-43-35-57(36-44-61)68-65-25-13-11-22-55(65)37-46-66(68)53-17-6-2-7-18-53/h1-47H/i33D,34D,41D,42D. The topological polar surface area (TPSA) is 3.24 Å². The minimum absolute atomic E-state index is 0.116. The van der Waals surface area contributed by atoms with Gasteiger partial charge in [-0.15, -0.1) is 0 Å². The highest BCUT2D eigenvalue weighted by molar-refractivity contribution is 6.04. The molecule has 0 aliphatic heterocycles. The Balaban J connectivity index is 0.982. The van der Waals surface area contributed by atoms with E-state index in [9.17, 15) is 5.48 Å². The van der Waals surface area contributed by atoms with Gasteiger partial charge in [0.25, 0.3) is 0 Å². The van der Waals surface area contributed by atoms with Crippen molar-refractivity contribution in [2.45, 2.75) is 0 Å². The Morgan fingerprint density at radius 2 is 0.667 bits per heavy atom. The van der Waals surface area contributed by atoms with Crippen LogP contribution in [-0.2, 0) is 0 Å². The molecule has 0 saturated heterocycles. The summed E-state index contributed by atoms with van der Waals surface area (Å²) >= 11 is 0. The van der Waals surface area contributed by atoms with Gasteiger partial charge in [0.1, 0.15) is 0 Å². The highest BCUT2D eigenvalue weighted by atomic mass is 15.1. The van der Waals surface area contributed by atoms with Crippen molar-refractivity contribution in [3.05, 3.63) is 285 Å². The fourth-order valence-corrected chi connectivity index (χ4v) is 9.74. The predicted octanol–water partition coefficient (Wildman–Crippen LogP) is 19.1. The lowest BCUT2D eigenvalue weighted by atomic mass is 9.89. The summed E-state index contributed by atoms with van der Waals surface area (Å²) in [5.41, 5.74) is 15.2. The van der Waals surface area contributed by atoms with Crippen LogP contribution < -0.4 is 4.90 Å². The fraction of sp³-hybridized carbons (Fsp3) is 0. The van der Waals surface area contributed by atoms with Gasteiger partial charge in [-0.2, -0.15) is 0 Å². The van der Waals surface area contributed by atoms with E-state index in [0.717, 1.165) is 72.0 Å². The average Bonchev–Trinajstić information content (AvgIpc) is 3.46. The van der Waals surface area contributed by atoms with Crippen LogP contribution in [0.3, 0.4) is 0 Å². The number of rotatable bonds is 10. The molecule has 0 amide bonds. The van der Waals surface area contributed by atoms with Crippen molar-refractivity contribution < 1.29 is 5.48 Å². The van der Waals surface area contributed by atoms with Crippen LogP contribution in [-0.4, -0.2) is 0 Å². The molecule has 0 spiro atoms. The van der Waals surface area contributed by atoms with Crippen molar-refractivity contribution in [3.8, 4) is 77.9 Å². The van der Waals surface area contributed by atoms with Gasteiger partial charge in [-0.3, -0.25) is 0 Å². The summed E-state index contributed by atoms with van der Waals surface area (Å²) in [6.07, 6.45) is 0. The summed E-state index contributed by atoms with van der Waals surface area (Å²) in [5, 5.41) is 4.69. The second-order valence-electron chi connectivity index (χ2n) is 17.3. The van der Waals surface area contributed by atoms with Crippen molar-refractivity contribution in [2.24, 2.45) is 0 Å². The molecule has 1 nitrogen and oxygen atoms in total. The largest absolute Gasteiger partial charge is 0.311 e. The number of anilines is 3. The maximum Gasteiger partial charge on any atom is 0.0645 e. The number of hydrogen-bond acceptors (Lipinski definition) is 1. The molecule has 0 aliphatic rings. The van der Waals surface area contributed by atoms with Crippen LogP contribution in [0, 0.1) is 0 Å². The normalized spacial score (nSPS) is 12.0. The molecule has 0 radical (unpaired) electrons. The van der Waals surface area contributed by atoms with Crippen LogP contribution in [0.25, 0.3) is 99.4 Å². The monoisotopic (exact) mass is 881 g/mol. The lowest BCUT2D eigenvalue weighted by Gasteiger charge is -2.26. The van der Waals surface area contributed by atoms with Crippen LogP contribution in [0.15, 0.2) is 285 Å². The highest BCUT2D eigenvalue weighted by Crippen LogP contribution is 2.43. The van der Waals surface area contributed by atoms with Crippen molar-refractivity contribution in [1.82, 2.24) is 0 Å². The molecule has 0 saturated carbocycles. The average molecular weight is 882 g/mol. The molecule has 12 aromatic carbocycles. The van der Waals surface area contributed by atoms with E-state index in [0.29, 0.717) is 16.9 Å². The molecule has 0 atom stereocenters. The Labute approximate surface area is 410 Å². The van der Waals surface area contributed by atoms with Gasteiger partial charge in [0.05, 0.1) is 5.48 Å². The fourth-order valence-electron chi connectivity index (χ4n) is 9.74. The van der Waals surface area contributed by atoms with Gasteiger partial charge < -0.3 is 4.90 Å². The first kappa shape index (κ1) is 37.1. The summed E-state index contributed by atoms with van der Waals surface area (Å²) < 4.78 is 39.1. The van der Waals surface area contributed by atoms with Crippen molar-refractivity contribution in [3.63, 3.8) is 0 Å². The minimum atomic E-state index is -0.137. The number of nitrogens with zero attached hydrogens (tertiary/aromatic N) is 1. The third-order valence-electron chi connectivity index (χ3n) is 13.2. The Morgan fingerprint density at radius 1 is 0.232 bits per heavy atom. The maximum atomic E-state index is 9.82. The number of hydrogen-bond donors (Lipinski definition) is 0. The Bertz CT molecular complexity index is 3930. The molecule has 0 aromatic heterocycles. The van der Waals surface area contributed by atoms with E-state index >= 15 is 0 Å². The molecule has 0 aliphatic carbocycles. The van der Waals surface area contributed by atoms with E-state index in [1.807, 2.05) is 89.8 Å². The zero-order chi connectivity index (χ0) is 49.4. The third kappa shape index (κ3) is 8.18. The van der Waals surface area contributed by atoms with Gasteiger partial charge in [-0.05, 0) is 142 Å². The molecule has 0 unspecified atom stereocenters. The molecule has 1 heteroatoms. The van der Waals surface area contributed by atoms with Gasteiger partial charge in [0, 0.05) is 17.1 Å². The van der Waals surface area contributed by atoms with Gasteiger partial charge in [-0.25, -0.2) is 0 Å². The van der Waals surface area contributed by atoms with Gasteiger partial charge >= 0.3 is 0 Å². The molecule has 324 valence electrons. The van der Waals surface area contributed by atoms with E-state index in [-0.39, 0.29) is 35.4 Å². The van der Waals surface area contributed by atoms with Crippen LogP contribution in [0.5, 0.6) is 0 Å². The van der Waals surface area contributed by atoms with Gasteiger partial charge in [-0.1, -0.05) is 243 Å². The van der Waals surface area contributed by atoms with Gasteiger partial charge in [0.2, 0.25) is 0 Å². The first-order chi connectivity index (χ1) is 35.9. The SMILES string of the molecule is [2H]c1c([2H])c(N(c2ccc(-c3ccc(-c4cccc5ccccc45)cc3)cc2)c2ccc(-c3c(-c4ccccc4)ccc4ccccc34)cc2)c([2H])c([2H])c1-c1ccc(-c2ccccc2)c(-c2ccccc2)c1. The molecule has 69 heavy (non-hydrogen) atoms. The Morgan fingerprint density at radius 3 is 1.29 bits per heavy atom. The molecular formula is C68H47N. The first-order valence-electron chi connectivity index (χ1n) is 25.4. The zero-order valence-electron chi connectivity index (χ0n) is 41.8. The van der Waals surface area contributed by atoms with Crippen LogP contribution in [0.2, 0.25) is 0 Å². The summed E-state index contributed by atoms with van der Waals surface area (Å²) in [6, 6.07) is 88.9. The van der Waals surface area contributed by atoms with Crippen molar-refractivity contribution in [2.75, 3.05) is 4.90 Å². The molecule has 0 N–H and O–H groups in total. The maximum absolute atomic E-state index is 9.82. The number of benzene rings is 12. The summed E-state index contributed by atoms with van der Waals surface area (Å²) in [4.78, 5) is 1.87. The van der Waals surface area contributed by atoms with Crippen molar-refractivity contribution in [1.29, 1.82) is 0 Å². The van der Waals surface area contributed by atoms with E-state index in [1.165, 1.54) is 16.3 Å². The lowest BCUT2D eigenvalue weighted by Crippen LogP contribution is -2.09.